The van der Waals surface area contributed by atoms with Crippen LogP contribution in [0.3, 0.4) is 0 Å². The van der Waals surface area contributed by atoms with Gasteiger partial charge in [-0.3, -0.25) is 9.59 Å². The van der Waals surface area contributed by atoms with Crippen molar-refractivity contribution in [2.24, 2.45) is 0 Å². The average molecular weight is 704 g/mol. The Bertz CT molecular complexity index is 1740. The number of benzene rings is 3. The molecule has 2 unspecified atom stereocenters. The van der Waals surface area contributed by atoms with Gasteiger partial charge in [-0.05, 0) is 74.1 Å². The lowest BCUT2D eigenvalue weighted by atomic mass is 9.84. The molecular formula is C39H45NO11. The number of allylic oxidation sites excluding steroid dienone is 1. The number of phenols is 2. The molecule has 272 valence electrons. The number of carbonyl (C=O) groups excluding carboxylic acids is 3. The number of cyclic esters (lactones) is 1. The number of carbonyl (C=O) groups is 3. The smallest absolute Gasteiger partial charge is 0.342 e. The molecule has 51 heavy (non-hydrogen) atoms. The molecule has 0 spiro atoms. The molecular weight excluding hydrogens is 658 g/mol. The zero-order chi connectivity index (χ0) is 36.5. The molecule has 0 radical (unpaired) electrons. The molecule has 2 aliphatic rings. The molecule has 2 heterocycles. The Hall–Kier alpha value is -5.39. The highest BCUT2D eigenvalue weighted by atomic mass is 16.6. The number of phenolic OH excluding ortho intramolecular Hbond substituents is 2. The van der Waals surface area contributed by atoms with Crippen LogP contribution in [0.1, 0.15) is 84.8 Å². The summed E-state index contributed by atoms with van der Waals surface area (Å²) in [4.78, 5) is 39.7. The van der Waals surface area contributed by atoms with Gasteiger partial charge in [-0.15, -0.1) is 0 Å². The highest BCUT2D eigenvalue weighted by Crippen LogP contribution is 2.48. The predicted octanol–water partition coefficient (Wildman–Crippen LogP) is 6.08. The predicted molar refractivity (Wildman–Crippen MR) is 188 cm³/mol. The summed E-state index contributed by atoms with van der Waals surface area (Å²) in [6.07, 6.45) is 5.17. The second-order valence-corrected chi connectivity index (χ2v) is 12.6. The van der Waals surface area contributed by atoms with Crippen LogP contribution >= 0.6 is 0 Å². The number of Topliss-reactive ketones (excluding diaryl/α,β-unsaturated/α-hetero) is 1. The van der Waals surface area contributed by atoms with Crippen LogP contribution < -0.4 is 29.0 Å². The van der Waals surface area contributed by atoms with Crippen LogP contribution in [0.2, 0.25) is 0 Å². The summed E-state index contributed by atoms with van der Waals surface area (Å²) in [5.41, 5.74) is 0.453. The molecule has 5 rings (SSSR count). The van der Waals surface area contributed by atoms with E-state index in [1.54, 1.807) is 43.3 Å². The normalized spacial score (nSPS) is 19.1. The van der Waals surface area contributed by atoms with E-state index >= 15 is 0 Å². The van der Waals surface area contributed by atoms with Crippen LogP contribution in [0, 0.1) is 0 Å². The summed E-state index contributed by atoms with van der Waals surface area (Å²) < 4.78 is 34.2. The summed E-state index contributed by atoms with van der Waals surface area (Å²) in [5.74, 6) is -0.882. The van der Waals surface area contributed by atoms with E-state index in [4.69, 9.17) is 28.4 Å². The minimum Gasteiger partial charge on any atom is -0.507 e. The molecule has 1 amide bonds. The van der Waals surface area contributed by atoms with E-state index in [1.807, 2.05) is 12.1 Å². The number of esters is 1. The number of nitrogens with one attached hydrogen (secondary N) is 1. The topological polar surface area (TPSA) is 159 Å². The van der Waals surface area contributed by atoms with Crippen LogP contribution in [0.25, 0.3) is 6.08 Å². The molecule has 3 aromatic carbocycles. The SMILES string of the molecule is COc1cc(C(CC(=O)NCC2COc3ccccc3O2)c2c(O)cc3c(c2O)C(=O)O[C@@H](C)CCCC(=O)CCC/C=C/3)cc(OC)c1OC. The summed E-state index contributed by atoms with van der Waals surface area (Å²) in [7, 11) is 4.37. The van der Waals surface area contributed by atoms with Gasteiger partial charge in [0.25, 0.3) is 0 Å². The third kappa shape index (κ3) is 8.86. The fourth-order valence-corrected chi connectivity index (χ4v) is 6.36. The Morgan fingerprint density at radius 1 is 0.961 bits per heavy atom. The van der Waals surface area contributed by atoms with E-state index in [0.29, 0.717) is 61.3 Å². The third-order valence-corrected chi connectivity index (χ3v) is 8.97. The molecule has 12 heteroatoms. The van der Waals surface area contributed by atoms with E-state index in [9.17, 15) is 24.6 Å². The van der Waals surface area contributed by atoms with E-state index in [1.165, 1.54) is 27.4 Å². The van der Waals surface area contributed by atoms with Crippen molar-refractivity contribution in [2.45, 2.75) is 70.0 Å². The summed E-state index contributed by atoms with van der Waals surface area (Å²) in [6, 6.07) is 11.9. The third-order valence-electron chi connectivity index (χ3n) is 8.97. The molecule has 3 aromatic rings. The number of fused-ring (bicyclic) bond motifs is 2. The molecule has 3 N–H and O–H groups in total. The molecule has 0 saturated carbocycles. The van der Waals surface area contributed by atoms with Gasteiger partial charge in [0.2, 0.25) is 11.7 Å². The lowest BCUT2D eigenvalue weighted by molar-refractivity contribution is -0.122. The molecule has 0 aliphatic carbocycles. The maximum atomic E-state index is 13.7. The van der Waals surface area contributed by atoms with Crippen molar-refractivity contribution in [3.8, 4) is 40.2 Å². The van der Waals surface area contributed by atoms with E-state index in [0.717, 1.165) is 0 Å². The minimum absolute atomic E-state index is 0.0610. The van der Waals surface area contributed by atoms with Crippen molar-refractivity contribution in [1.29, 1.82) is 0 Å². The Balaban J connectivity index is 1.54. The van der Waals surface area contributed by atoms with Crippen LogP contribution in [0.5, 0.6) is 40.2 Å². The number of ether oxygens (including phenoxy) is 6. The molecule has 0 saturated heterocycles. The minimum atomic E-state index is -1.01. The van der Waals surface area contributed by atoms with Gasteiger partial charge in [-0.1, -0.05) is 24.3 Å². The number of methoxy groups -OCH3 is 3. The van der Waals surface area contributed by atoms with E-state index in [2.05, 4.69) is 5.32 Å². The number of rotatable bonds is 9. The average Bonchev–Trinajstić information content (AvgIpc) is 3.12. The number of ketones is 1. The van der Waals surface area contributed by atoms with Gasteiger partial charge in [-0.2, -0.15) is 0 Å². The van der Waals surface area contributed by atoms with Gasteiger partial charge in [0.1, 0.15) is 35.6 Å². The number of hydrogen-bond acceptors (Lipinski definition) is 11. The second-order valence-electron chi connectivity index (χ2n) is 12.6. The maximum absolute atomic E-state index is 13.7. The first kappa shape index (κ1) is 36.9. The van der Waals surface area contributed by atoms with Gasteiger partial charge in [-0.25, -0.2) is 4.79 Å². The van der Waals surface area contributed by atoms with E-state index in [-0.39, 0.29) is 59.3 Å². The van der Waals surface area contributed by atoms with Crippen molar-refractivity contribution < 1.29 is 53.0 Å². The maximum Gasteiger partial charge on any atom is 0.342 e. The highest BCUT2D eigenvalue weighted by Gasteiger charge is 2.32. The Morgan fingerprint density at radius 2 is 1.67 bits per heavy atom. The van der Waals surface area contributed by atoms with Gasteiger partial charge in [0, 0.05) is 30.7 Å². The summed E-state index contributed by atoms with van der Waals surface area (Å²) in [6.45, 7) is 2.08. The molecule has 0 bridgehead atoms. The Morgan fingerprint density at radius 3 is 2.37 bits per heavy atom. The number of aromatic hydroxyl groups is 2. The second kappa shape index (κ2) is 17.0. The lowest BCUT2D eigenvalue weighted by Crippen LogP contribution is -2.41. The van der Waals surface area contributed by atoms with Gasteiger partial charge in [0.05, 0.1) is 34.0 Å². The molecule has 3 atom stereocenters. The Labute approximate surface area is 297 Å². The van der Waals surface area contributed by atoms with E-state index < -0.39 is 35.8 Å². The largest absolute Gasteiger partial charge is 0.507 e. The van der Waals surface area contributed by atoms with Gasteiger partial charge >= 0.3 is 5.97 Å². The number of hydrogen-bond donors (Lipinski definition) is 3. The van der Waals surface area contributed by atoms with Crippen LogP contribution in [0.4, 0.5) is 0 Å². The Kier molecular flexibility index (Phi) is 12.3. The number of para-hydroxylation sites is 2. The molecule has 0 aromatic heterocycles. The van der Waals surface area contributed by atoms with Gasteiger partial charge < -0.3 is 44.0 Å². The fraction of sp³-hybridized carbons (Fsp3) is 0.410. The van der Waals surface area contributed by atoms with Crippen molar-refractivity contribution in [2.75, 3.05) is 34.5 Å². The monoisotopic (exact) mass is 703 g/mol. The molecule has 12 nitrogen and oxygen atoms in total. The van der Waals surface area contributed by atoms with Crippen LogP contribution in [-0.4, -0.2) is 74.6 Å². The first-order chi connectivity index (χ1) is 24.6. The highest BCUT2D eigenvalue weighted by molar-refractivity contribution is 5.98. The standard InChI is InChI=1S/C39H45NO11/c1-23-11-10-14-26(41)13-7-5-6-12-24-17-29(42)36(37(44)35(24)39(45)50-23)28(25-18-32(46-2)38(48-4)33(19-25)47-3)20-34(43)40-21-27-22-49-30-15-8-9-16-31(30)51-27/h6,8-9,12,15-19,23,27-28,42,44H,5,7,10-11,13-14,20-22H2,1-4H3,(H,40,43)/b12-6+/t23-,27?,28?/m0/s1. The zero-order valence-corrected chi connectivity index (χ0v) is 29.4. The molecule has 2 aliphatic heterocycles. The quantitative estimate of drug-likeness (QED) is 0.222. The first-order valence-electron chi connectivity index (χ1n) is 17.1. The number of amides is 1. The van der Waals surface area contributed by atoms with Gasteiger partial charge in [0.15, 0.2) is 23.0 Å². The first-order valence-corrected chi connectivity index (χ1v) is 17.1. The fourth-order valence-electron chi connectivity index (χ4n) is 6.36. The summed E-state index contributed by atoms with van der Waals surface area (Å²) in [5, 5.41) is 26.4. The van der Waals surface area contributed by atoms with Crippen molar-refractivity contribution in [3.05, 3.63) is 70.8 Å². The molecule has 0 fully saturated rings. The van der Waals surface area contributed by atoms with Crippen molar-refractivity contribution in [1.82, 2.24) is 5.32 Å². The zero-order valence-electron chi connectivity index (χ0n) is 29.4. The lowest BCUT2D eigenvalue weighted by Gasteiger charge is -2.27. The van der Waals surface area contributed by atoms with Crippen LogP contribution in [0.15, 0.2) is 48.5 Å². The summed E-state index contributed by atoms with van der Waals surface area (Å²) >= 11 is 0. The van der Waals surface area contributed by atoms with Crippen molar-refractivity contribution in [3.63, 3.8) is 0 Å². The van der Waals surface area contributed by atoms with Crippen LogP contribution in [-0.2, 0) is 14.3 Å². The van der Waals surface area contributed by atoms with Crippen molar-refractivity contribution >= 4 is 23.7 Å².